The van der Waals surface area contributed by atoms with E-state index in [2.05, 4.69) is 15.6 Å². The van der Waals surface area contributed by atoms with E-state index >= 15 is 0 Å². The first-order valence-corrected chi connectivity index (χ1v) is 8.14. The molecule has 0 saturated carbocycles. The van der Waals surface area contributed by atoms with Crippen LogP contribution in [0.2, 0.25) is 0 Å². The van der Waals surface area contributed by atoms with Gasteiger partial charge in [-0.2, -0.15) is 0 Å². The van der Waals surface area contributed by atoms with E-state index in [1.165, 1.54) is 11.3 Å². The summed E-state index contributed by atoms with van der Waals surface area (Å²) in [5, 5.41) is 7.82. The van der Waals surface area contributed by atoms with Gasteiger partial charge in [0.1, 0.15) is 0 Å². The summed E-state index contributed by atoms with van der Waals surface area (Å²) >= 11 is 1.31. The molecule has 1 aromatic heterocycles. The van der Waals surface area contributed by atoms with Crippen LogP contribution in [0.15, 0.2) is 23.6 Å². The molecule has 0 fully saturated rings. The number of aryl methyl sites for hydroxylation is 1. The first-order valence-electron chi connectivity index (χ1n) is 7.26. The Hall–Kier alpha value is -1.83. The number of nitrogen functional groups attached to an aromatic ring is 1. The van der Waals surface area contributed by atoms with Crippen molar-refractivity contribution in [2.45, 2.75) is 27.2 Å². The topological polar surface area (TPSA) is 97.1 Å². The van der Waals surface area contributed by atoms with Crippen molar-refractivity contribution >= 4 is 64.5 Å². The van der Waals surface area contributed by atoms with E-state index in [4.69, 9.17) is 5.73 Å². The fourth-order valence-electron chi connectivity index (χ4n) is 1.83. The van der Waals surface area contributed by atoms with Gasteiger partial charge in [0.05, 0.1) is 12.1 Å². The number of nitrogens with zero attached hydrogens (tertiary/aromatic N) is 1. The standard InChI is InChI=1S/C16H20N4O2S.2ClH/c1-9(2)15(22)20-16-18-12(8-23-16)7-14(21)19-13-6-11(17)5-4-10(13)3;;/h4-6,8-9H,7,17H2,1-3H3,(H,19,21)(H,18,20,22);2*1H. The fourth-order valence-corrected chi connectivity index (χ4v) is 2.54. The molecule has 0 aliphatic rings. The molecule has 2 amide bonds. The Bertz CT molecular complexity index is 735. The quantitative estimate of drug-likeness (QED) is 0.662. The van der Waals surface area contributed by atoms with E-state index in [0.29, 0.717) is 22.2 Å². The largest absolute Gasteiger partial charge is 0.399 e. The summed E-state index contributed by atoms with van der Waals surface area (Å²) in [5.74, 6) is -0.381. The van der Waals surface area contributed by atoms with Gasteiger partial charge in [-0.1, -0.05) is 19.9 Å². The van der Waals surface area contributed by atoms with E-state index in [0.717, 1.165) is 5.56 Å². The molecule has 0 aliphatic heterocycles. The second-order valence-corrected chi connectivity index (χ2v) is 6.45. The summed E-state index contributed by atoms with van der Waals surface area (Å²) in [4.78, 5) is 28.0. The van der Waals surface area contributed by atoms with Crippen LogP contribution in [0.1, 0.15) is 25.1 Å². The van der Waals surface area contributed by atoms with E-state index in [-0.39, 0.29) is 49.0 Å². The molecule has 0 unspecified atom stereocenters. The third-order valence-electron chi connectivity index (χ3n) is 3.18. The van der Waals surface area contributed by atoms with Crippen molar-refractivity contribution in [1.82, 2.24) is 4.98 Å². The Morgan fingerprint density at radius 2 is 1.92 bits per heavy atom. The Kier molecular flexibility index (Phi) is 9.48. The number of hydrogen-bond acceptors (Lipinski definition) is 5. The first-order chi connectivity index (χ1) is 10.8. The molecule has 0 radical (unpaired) electrons. The molecule has 9 heteroatoms. The SMILES string of the molecule is Cc1ccc(N)cc1NC(=O)Cc1csc(NC(=O)C(C)C)n1.Cl.Cl. The van der Waals surface area contributed by atoms with Crippen LogP contribution in [-0.4, -0.2) is 16.8 Å². The molecule has 25 heavy (non-hydrogen) atoms. The predicted octanol–water partition coefficient (Wildman–Crippen LogP) is 3.65. The van der Waals surface area contributed by atoms with E-state index in [1.54, 1.807) is 17.5 Å². The number of carbonyl (C=O) groups is 2. The monoisotopic (exact) mass is 404 g/mol. The van der Waals surface area contributed by atoms with Crippen LogP contribution in [0.3, 0.4) is 0 Å². The van der Waals surface area contributed by atoms with Gasteiger partial charge in [0, 0.05) is 22.7 Å². The van der Waals surface area contributed by atoms with Crippen molar-refractivity contribution in [3.05, 3.63) is 34.8 Å². The van der Waals surface area contributed by atoms with Gasteiger partial charge in [-0.15, -0.1) is 36.2 Å². The number of aromatic nitrogens is 1. The number of thiazole rings is 1. The normalized spacial score (nSPS) is 9.76. The minimum Gasteiger partial charge on any atom is -0.399 e. The van der Waals surface area contributed by atoms with Gasteiger partial charge in [0.25, 0.3) is 0 Å². The van der Waals surface area contributed by atoms with Crippen LogP contribution in [0.5, 0.6) is 0 Å². The van der Waals surface area contributed by atoms with E-state index < -0.39 is 0 Å². The maximum absolute atomic E-state index is 12.1. The molecule has 138 valence electrons. The molecule has 0 atom stereocenters. The van der Waals surface area contributed by atoms with Crippen LogP contribution in [-0.2, 0) is 16.0 Å². The number of amides is 2. The number of nitrogens with one attached hydrogen (secondary N) is 2. The highest BCUT2D eigenvalue weighted by molar-refractivity contribution is 7.13. The average molecular weight is 405 g/mol. The molecular weight excluding hydrogens is 383 g/mol. The number of carbonyl (C=O) groups excluding carboxylic acids is 2. The molecule has 0 bridgehead atoms. The predicted molar refractivity (Wildman–Crippen MR) is 108 cm³/mol. The zero-order chi connectivity index (χ0) is 17.0. The number of benzene rings is 1. The Morgan fingerprint density at radius 1 is 1.24 bits per heavy atom. The number of hydrogen-bond donors (Lipinski definition) is 3. The maximum Gasteiger partial charge on any atom is 0.230 e. The van der Waals surface area contributed by atoms with Crippen LogP contribution in [0, 0.1) is 12.8 Å². The highest BCUT2D eigenvalue weighted by atomic mass is 35.5. The number of halogens is 2. The van der Waals surface area contributed by atoms with Crippen LogP contribution in [0.4, 0.5) is 16.5 Å². The lowest BCUT2D eigenvalue weighted by Gasteiger charge is -2.08. The highest BCUT2D eigenvalue weighted by Gasteiger charge is 2.12. The minimum atomic E-state index is -0.175. The summed E-state index contributed by atoms with van der Waals surface area (Å²) in [7, 11) is 0. The highest BCUT2D eigenvalue weighted by Crippen LogP contribution is 2.20. The lowest BCUT2D eigenvalue weighted by Crippen LogP contribution is -2.18. The lowest BCUT2D eigenvalue weighted by molar-refractivity contribution is -0.119. The smallest absolute Gasteiger partial charge is 0.230 e. The van der Waals surface area contributed by atoms with Crippen molar-refractivity contribution in [2.75, 3.05) is 16.4 Å². The van der Waals surface area contributed by atoms with Crippen LogP contribution < -0.4 is 16.4 Å². The molecule has 2 aromatic rings. The van der Waals surface area contributed by atoms with Crippen molar-refractivity contribution in [3.63, 3.8) is 0 Å². The summed E-state index contributed by atoms with van der Waals surface area (Å²) in [6.45, 7) is 5.52. The summed E-state index contributed by atoms with van der Waals surface area (Å²) in [5.41, 5.74) is 8.58. The zero-order valence-corrected chi connectivity index (χ0v) is 16.6. The average Bonchev–Trinajstić information content (AvgIpc) is 2.89. The molecule has 0 saturated heterocycles. The molecule has 0 aliphatic carbocycles. The summed E-state index contributed by atoms with van der Waals surface area (Å²) < 4.78 is 0. The van der Waals surface area contributed by atoms with Gasteiger partial charge in [-0.25, -0.2) is 4.98 Å². The number of anilines is 3. The molecule has 0 spiro atoms. The van der Waals surface area contributed by atoms with E-state index in [9.17, 15) is 9.59 Å². The molecule has 1 aromatic carbocycles. The maximum atomic E-state index is 12.1. The molecule has 6 nitrogen and oxygen atoms in total. The Labute approximate surface area is 163 Å². The number of nitrogens with two attached hydrogens (primary N) is 1. The van der Waals surface area contributed by atoms with Crippen LogP contribution in [0.25, 0.3) is 0 Å². The molecule has 2 rings (SSSR count). The van der Waals surface area contributed by atoms with Crippen molar-refractivity contribution in [2.24, 2.45) is 5.92 Å². The second-order valence-electron chi connectivity index (χ2n) is 5.59. The van der Waals surface area contributed by atoms with Gasteiger partial charge in [-0.3, -0.25) is 9.59 Å². The molecule has 1 heterocycles. The van der Waals surface area contributed by atoms with Gasteiger partial charge >= 0.3 is 0 Å². The summed E-state index contributed by atoms with van der Waals surface area (Å²) in [6, 6.07) is 5.37. The Morgan fingerprint density at radius 3 is 2.56 bits per heavy atom. The molecular formula is C16H22Cl2N4O2S. The molecule has 4 N–H and O–H groups in total. The van der Waals surface area contributed by atoms with Gasteiger partial charge < -0.3 is 16.4 Å². The number of rotatable bonds is 5. The van der Waals surface area contributed by atoms with Crippen LogP contribution >= 0.6 is 36.2 Å². The second kappa shape index (κ2) is 10.2. The van der Waals surface area contributed by atoms with Gasteiger partial charge in [0.15, 0.2) is 5.13 Å². The van der Waals surface area contributed by atoms with Crippen molar-refractivity contribution in [3.8, 4) is 0 Å². The van der Waals surface area contributed by atoms with Crippen molar-refractivity contribution in [1.29, 1.82) is 0 Å². The summed E-state index contributed by atoms with van der Waals surface area (Å²) in [6.07, 6.45) is 0.141. The van der Waals surface area contributed by atoms with Crippen molar-refractivity contribution < 1.29 is 9.59 Å². The van der Waals surface area contributed by atoms with Gasteiger partial charge in [-0.05, 0) is 24.6 Å². The zero-order valence-electron chi connectivity index (χ0n) is 14.2. The van der Waals surface area contributed by atoms with Gasteiger partial charge in [0.2, 0.25) is 11.8 Å². The fraction of sp³-hybridized carbons (Fsp3) is 0.312. The third-order valence-corrected chi connectivity index (χ3v) is 3.99. The van der Waals surface area contributed by atoms with E-state index in [1.807, 2.05) is 26.8 Å². The Balaban J connectivity index is 0.00000288. The lowest BCUT2D eigenvalue weighted by atomic mass is 10.1. The third kappa shape index (κ3) is 6.89. The first kappa shape index (κ1) is 23.2. The minimum absolute atomic E-state index is 0.